The maximum Gasteiger partial charge on any atom is 0.267 e. The number of carbonyl (C=O) groups excluding carboxylic acids is 3. The lowest BCUT2D eigenvalue weighted by Crippen LogP contribution is -2.46. The van der Waals surface area contributed by atoms with E-state index in [0.29, 0.717) is 11.4 Å². The average molecular weight is 395 g/mol. The summed E-state index contributed by atoms with van der Waals surface area (Å²) in [6, 6.07) is 14.8. The van der Waals surface area contributed by atoms with Crippen LogP contribution in [0.3, 0.4) is 0 Å². The van der Waals surface area contributed by atoms with Crippen LogP contribution in [0.2, 0.25) is 0 Å². The minimum atomic E-state index is -0.600. The number of amides is 3. The molecular formula is C22H25N3O4. The van der Waals surface area contributed by atoms with Crippen molar-refractivity contribution in [1.82, 2.24) is 5.32 Å². The van der Waals surface area contributed by atoms with Crippen LogP contribution in [-0.4, -0.2) is 36.9 Å². The van der Waals surface area contributed by atoms with Gasteiger partial charge in [-0.2, -0.15) is 0 Å². The Labute approximate surface area is 170 Å². The third-order valence-corrected chi connectivity index (χ3v) is 4.75. The molecule has 0 fully saturated rings. The van der Waals surface area contributed by atoms with E-state index in [4.69, 9.17) is 4.74 Å². The van der Waals surface area contributed by atoms with Gasteiger partial charge in [0, 0.05) is 18.7 Å². The van der Waals surface area contributed by atoms with E-state index in [9.17, 15) is 14.4 Å². The van der Waals surface area contributed by atoms with Crippen LogP contribution in [0.4, 0.5) is 11.4 Å². The average Bonchev–Trinajstić information content (AvgIpc) is 2.73. The summed E-state index contributed by atoms with van der Waals surface area (Å²) in [5.41, 5.74) is 2.43. The highest BCUT2D eigenvalue weighted by Gasteiger charge is 2.31. The molecule has 7 nitrogen and oxygen atoms in total. The molecule has 1 aliphatic rings. The quantitative estimate of drug-likeness (QED) is 0.754. The van der Waals surface area contributed by atoms with Crippen LogP contribution >= 0.6 is 0 Å². The van der Waals surface area contributed by atoms with Crippen molar-refractivity contribution in [3.05, 3.63) is 54.1 Å². The lowest BCUT2D eigenvalue weighted by molar-refractivity contribution is -0.126. The number of carbonyl (C=O) groups is 3. The van der Waals surface area contributed by atoms with Crippen LogP contribution in [0.5, 0.6) is 5.75 Å². The molecule has 0 radical (unpaired) electrons. The second-order valence-corrected chi connectivity index (χ2v) is 6.80. The summed E-state index contributed by atoms with van der Waals surface area (Å²) in [4.78, 5) is 38.3. The van der Waals surface area contributed by atoms with Gasteiger partial charge in [0.05, 0.1) is 12.2 Å². The van der Waals surface area contributed by atoms with Crippen LogP contribution < -0.4 is 20.3 Å². The summed E-state index contributed by atoms with van der Waals surface area (Å²) < 4.78 is 5.59. The zero-order chi connectivity index (χ0) is 20.8. The van der Waals surface area contributed by atoms with Crippen molar-refractivity contribution in [1.29, 1.82) is 0 Å². The molecule has 0 bridgehead atoms. The van der Waals surface area contributed by atoms with Crippen molar-refractivity contribution in [2.45, 2.75) is 32.8 Å². The molecule has 2 aromatic carbocycles. The van der Waals surface area contributed by atoms with E-state index in [2.05, 4.69) is 10.6 Å². The molecule has 7 heteroatoms. The van der Waals surface area contributed by atoms with E-state index in [1.165, 1.54) is 0 Å². The Bertz CT molecular complexity index is 912. The molecule has 0 aromatic heterocycles. The fourth-order valence-electron chi connectivity index (χ4n) is 3.22. The minimum absolute atomic E-state index is 0.0889. The minimum Gasteiger partial charge on any atom is -0.479 e. The number of nitrogens with one attached hydrogen (secondary N) is 2. The number of rotatable bonds is 7. The lowest BCUT2D eigenvalue weighted by Gasteiger charge is -2.32. The number of ether oxygens (including phenoxy) is 1. The predicted octanol–water partition coefficient (Wildman–Crippen LogP) is 2.51. The summed E-state index contributed by atoms with van der Waals surface area (Å²) in [5, 5.41) is 5.42. The molecule has 0 saturated carbocycles. The zero-order valence-corrected chi connectivity index (χ0v) is 16.6. The molecule has 152 valence electrons. The van der Waals surface area contributed by atoms with E-state index in [1.807, 2.05) is 43.3 Å². The van der Waals surface area contributed by atoms with E-state index < -0.39 is 6.10 Å². The maximum atomic E-state index is 12.4. The molecule has 1 heterocycles. The summed E-state index contributed by atoms with van der Waals surface area (Å²) in [7, 11) is 0. The Kier molecular flexibility index (Phi) is 6.49. The van der Waals surface area contributed by atoms with Crippen LogP contribution in [0.1, 0.15) is 25.8 Å². The van der Waals surface area contributed by atoms with Crippen LogP contribution in [-0.2, 0) is 20.8 Å². The first-order valence-corrected chi connectivity index (χ1v) is 9.71. The van der Waals surface area contributed by atoms with Gasteiger partial charge in [0.15, 0.2) is 6.10 Å². The lowest BCUT2D eigenvalue weighted by atomic mass is 10.1. The molecule has 1 atom stereocenters. The molecule has 1 aliphatic heterocycles. The van der Waals surface area contributed by atoms with Crippen LogP contribution in [0, 0.1) is 0 Å². The highest BCUT2D eigenvalue weighted by atomic mass is 16.5. The molecule has 1 unspecified atom stereocenters. The van der Waals surface area contributed by atoms with Crippen molar-refractivity contribution in [2.75, 3.05) is 23.3 Å². The highest BCUT2D eigenvalue weighted by Crippen LogP contribution is 2.33. The SMILES string of the molecule is CCc1ccccc1NC(=O)CNC(=O)CCN1C(=O)C(C)Oc2ccccc21. The number of nitrogens with zero attached hydrogens (tertiary/aromatic N) is 1. The summed E-state index contributed by atoms with van der Waals surface area (Å²) >= 11 is 0. The second kappa shape index (κ2) is 9.23. The van der Waals surface area contributed by atoms with Crippen molar-refractivity contribution < 1.29 is 19.1 Å². The van der Waals surface area contributed by atoms with Crippen LogP contribution in [0.25, 0.3) is 0 Å². The third kappa shape index (κ3) is 4.93. The first-order valence-electron chi connectivity index (χ1n) is 9.71. The van der Waals surface area contributed by atoms with E-state index in [1.54, 1.807) is 24.0 Å². The van der Waals surface area contributed by atoms with Crippen molar-refractivity contribution in [3.8, 4) is 5.75 Å². The van der Waals surface area contributed by atoms with Gasteiger partial charge in [-0.1, -0.05) is 37.3 Å². The number of aryl methyl sites for hydroxylation is 1. The summed E-state index contributed by atoms with van der Waals surface area (Å²) in [5.74, 6) is -0.159. The van der Waals surface area contributed by atoms with Gasteiger partial charge in [0.2, 0.25) is 11.8 Å². The molecule has 3 rings (SSSR count). The second-order valence-electron chi connectivity index (χ2n) is 6.80. The number of benzene rings is 2. The normalized spacial score (nSPS) is 15.3. The molecule has 3 amide bonds. The Balaban J connectivity index is 1.51. The molecule has 0 aliphatic carbocycles. The Morgan fingerprint density at radius 3 is 2.59 bits per heavy atom. The standard InChI is InChI=1S/C22H25N3O4/c1-3-16-8-4-5-9-17(16)24-21(27)14-23-20(26)12-13-25-18-10-6-7-11-19(18)29-15(2)22(25)28/h4-11,15H,3,12-14H2,1-2H3,(H,23,26)(H,24,27). The van der Waals surface area contributed by atoms with Gasteiger partial charge in [-0.25, -0.2) is 0 Å². The monoisotopic (exact) mass is 395 g/mol. The van der Waals surface area contributed by atoms with Gasteiger partial charge in [-0.05, 0) is 37.1 Å². The van der Waals surface area contributed by atoms with Gasteiger partial charge in [0.25, 0.3) is 5.91 Å². The maximum absolute atomic E-state index is 12.4. The van der Waals surface area contributed by atoms with Crippen molar-refractivity contribution in [2.24, 2.45) is 0 Å². The fraction of sp³-hybridized carbons (Fsp3) is 0.318. The number of hydrogen-bond acceptors (Lipinski definition) is 4. The molecule has 29 heavy (non-hydrogen) atoms. The van der Waals surface area contributed by atoms with E-state index in [0.717, 1.165) is 17.7 Å². The van der Waals surface area contributed by atoms with E-state index >= 15 is 0 Å². The van der Waals surface area contributed by atoms with Crippen molar-refractivity contribution in [3.63, 3.8) is 0 Å². The fourth-order valence-corrected chi connectivity index (χ4v) is 3.22. The summed E-state index contributed by atoms with van der Waals surface area (Å²) in [6.45, 7) is 3.79. The Morgan fingerprint density at radius 2 is 1.79 bits per heavy atom. The zero-order valence-electron chi connectivity index (χ0n) is 16.6. The number of fused-ring (bicyclic) bond motifs is 1. The third-order valence-electron chi connectivity index (χ3n) is 4.75. The first-order chi connectivity index (χ1) is 14.0. The predicted molar refractivity (Wildman–Crippen MR) is 111 cm³/mol. The number of anilines is 2. The molecule has 2 aromatic rings. The van der Waals surface area contributed by atoms with Gasteiger partial charge in [0.1, 0.15) is 5.75 Å². The van der Waals surface area contributed by atoms with Gasteiger partial charge < -0.3 is 20.3 Å². The number of para-hydroxylation sites is 3. The van der Waals surface area contributed by atoms with Crippen molar-refractivity contribution >= 4 is 29.1 Å². The first kappa shape index (κ1) is 20.4. The van der Waals surface area contributed by atoms with Gasteiger partial charge in [-0.15, -0.1) is 0 Å². The topological polar surface area (TPSA) is 87.7 Å². The molecular weight excluding hydrogens is 370 g/mol. The molecule has 0 saturated heterocycles. The largest absolute Gasteiger partial charge is 0.479 e. The van der Waals surface area contributed by atoms with Crippen LogP contribution in [0.15, 0.2) is 48.5 Å². The smallest absolute Gasteiger partial charge is 0.267 e. The van der Waals surface area contributed by atoms with Gasteiger partial charge >= 0.3 is 0 Å². The molecule has 2 N–H and O–H groups in total. The molecule has 0 spiro atoms. The summed E-state index contributed by atoms with van der Waals surface area (Å²) in [6.07, 6.45) is 0.291. The Hall–Kier alpha value is -3.35. The highest BCUT2D eigenvalue weighted by molar-refractivity contribution is 6.00. The number of hydrogen-bond donors (Lipinski definition) is 2. The Morgan fingerprint density at radius 1 is 1.07 bits per heavy atom. The van der Waals surface area contributed by atoms with Gasteiger partial charge in [-0.3, -0.25) is 14.4 Å². The van der Waals surface area contributed by atoms with E-state index in [-0.39, 0.29) is 37.2 Å².